The SMILES string of the molecule is COc1c(-c2ccc(F)cc2N)ccc(C)c1C. The quantitative estimate of drug-likeness (QED) is 0.819. The van der Waals surface area contributed by atoms with Crippen LogP contribution in [0.25, 0.3) is 11.1 Å². The molecule has 2 rings (SSSR count). The molecule has 94 valence electrons. The van der Waals surface area contributed by atoms with Crippen LogP contribution in [0.1, 0.15) is 11.1 Å². The van der Waals surface area contributed by atoms with E-state index in [1.807, 2.05) is 26.0 Å². The van der Waals surface area contributed by atoms with Crippen LogP contribution in [0.3, 0.4) is 0 Å². The van der Waals surface area contributed by atoms with E-state index in [0.717, 1.165) is 28.0 Å². The van der Waals surface area contributed by atoms with Gasteiger partial charge in [0.1, 0.15) is 11.6 Å². The van der Waals surface area contributed by atoms with Crippen LogP contribution in [0.4, 0.5) is 10.1 Å². The van der Waals surface area contributed by atoms with Gasteiger partial charge in [-0.15, -0.1) is 0 Å². The Labute approximate surface area is 106 Å². The lowest BCUT2D eigenvalue weighted by Gasteiger charge is -2.15. The van der Waals surface area contributed by atoms with Gasteiger partial charge in [-0.1, -0.05) is 12.1 Å². The fourth-order valence-corrected chi connectivity index (χ4v) is 2.04. The van der Waals surface area contributed by atoms with Gasteiger partial charge in [0.15, 0.2) is 0 Å². The molecule has 0 atom stereocenters. The fraction of sp³-hybridized carbons (Fsp3) is 0.200. The molecule has 2 nitrogen and oxygen atoms in total. The summed E-state index contributed by atoms with van der Waals surface area (Å²) in [6.07, 6.45) is 0. The molecular formula is C15H16FNO. The van der Waals surface area contributed by atoms with Gasteiger partial charge in [-0.05, 0) is 43.2 Å². The minimum Gasteiger partial charge on any atom is -0.496 e. The van der Waals surface area contributed by atoms with E-state index in [1.165, 1.54) is 12.1 Å². The number of halogens is 1. The number of benzene rings is 2. The minimum atomic E-state index is -0.334. The van der Waals surface area contributed by atoms with Gasteiger partial charge in [-0.25, -0.2) is 4.39 Å². The predicted octanol–water partition coefficient (Wildman–Crippen LogP) is 3.70. The van der Waals surface area contributed by atoms with Crippen molar-refractivity contribution in [3.8, 4) is 16.9 Å². The molecule has 0 aliphatic carbocycles. The topological polar surface area (TPSA) is 35.2 Å². The maximum atomic E-state index is 13.1. The highest BCUT2D eigenvalue weighted by Gasteiger charge is 2.12. The van der Waals surface area contributed by atoms with Crippen LogP contribution in [0.2, 0.25) is 0 Å². The van der Waals surface area contributed by atoms with Crippen LogP contribution in [0.15, 0.2) is 30.3 Å². The summed E-state index contributed by atoms with van der Waals surface area (Å²) in [6, 6.07) is 8.36. The number of anilines is 1. The van der Waals surface area contributed by atoms with Crippen LogP contribution >= 0.6 is 0 Å². The van der Waals surface area contributed by atoms with E-state index in [4.69, 9.17) is 10.5 Å². The Balaban J connectivity index is 2.67. The zero-order valence-corrected chi connectivity index (χ0v) is 10.8. The average molecular weight is 245 g/mol. The highest BCUT2D eigenvalue weighted by Crippen LogP contribution is 2.37. The van der Waals surface area contributed by atoms with Gasteiger partial charge in [-0.3, -0.25) is 0 Å². The van der Waals surface area contributed by atoms with Crippen LogP contribution < -0.4 is 10.5 Å². The lowest BCUT2D eigenvalue weighted by Crippen LogP contribution is -1.97. The molecule has 3 heteroatoms. The van der Waals surface area contributed by atoms with Crippen molar-refractivity contribution < 1.29 is 9.13 Å². The highest BCUT2D eigenvalue weighted by molar-refractivity contribution is 5.81. The number of nitrogen functional groups attached to an aromatic ring is 1. The predicted molar refractivity (Wildman–Crippen MR) is 72.3 cm³/mol. The third kappa shape index (κ3) is 2.04. The first-order chi connectivity index (χ1) is 8.54. The Morgan fingerprint density at radius 3 is 2.33 bits per heavy atom. The summed E-state index contributed by atoms with van der Waals surface area (Å²) in [5, 5.41) is 0. The second-order valence-corrected chi connectivity index (χ2v) is 4.32. The molecular weight excluding hydrogens is 229 g/mol. The van der Waals surface area contributed by atoms with Crippen molar-refractivity contribution >= 4 is 5.69 Å². The monoisotopic (exact) mass is 245 g/mol. The Morgan fingerprint density at radius 2 is 1.72 bits per heavy atom. The van der Waals surface area contributed by atoms with Crippen molar-refractivity contribution in [3.63, 3.8) is 0 Å². The van der Waals surface area contributed by atoms with Crippen molar-refractivity contribution in [3.05, 3.63) is 47.3 Å². The molecule has 0 aliphatic rings. The summed E-state index contributed by atoms with van der Waals surface area (Å²) < 4.78 is 18.5. The number of ether oxygens (including phenoxy) is 1. The third-order valence-electron chi connectivity index (χ3n) is 3.18. The normalized spacial score (nSPS) is 10.4. The van der Waals surface area contributed by atoms with Gasteiger partial charge in [0.2, 0.25) is 0 Å². The van der Waals surface area contributed by atoms with Crippen molar-refractivity contribution in [1.29, 1.82) is 0 Å². The molecule has 0 amide bonds. The van der Waals surface area contributed by atoms with E-state index in [2.05, 4.69) is 0 Å². The molecule has 0 saturated heterocycles. The van der Waals surface area contributed by atoms with Gasteiger partial charge in [0.05, 0.1) is 7.11 Å². The number of methoxy groups -OCH3 is 1. The smallest absolute Gasteiger partial charge is 0.129 e. The molecule has 2 N–H and O–H groups in total. The van der Waals surface area contributed by atoms with Crippen LogP contribution in [0.5, 0.6) is 5.75 Å². The molecule has 0 radical (unpaired) electrons. The zero-order valence-electron chi connectivity index (χ0n) is 10.8. The molecule has 0 fully saturated rings. The summed E-state index contributed by atoms with van der Waals surface area (Å²) in [5.41, 5.74) is 10.2. The van der Waals surface area contributed by atoms with Gasteiger partial charge < -0.3 is 10.5 Å². The fourth-order valence-electron chi connectivity index (χ4n) is 2.04. The molecule has 0 spiro atoms. The van der Waals surface area contributed by atoms with Gasteiger partial charge in [-0.2, -0.15) is 0 Å². The van der Waals surface area contributed by atoms with Crippen LogP contribution in [0, 0.1) is 19.7 Å². The highest BCUT2D eigenvalue weighted by atomic mass is 19.1. The van der Waals surface area contributed by atoms with Gasteiger partial charge in [0, 0.05) is 16.8 Å². The Hall–Kier alpha value is -2.03. The second-order valence-electron chi connectivity index (χ2n) is 4.32. The van der Waals surface area contributed by atoms with Crippen LogP contribution in [-0.4, -0.2) is 7.11 Å². The van der Waals surface area contributed by atoms with E-state index in [0.29, 0.717) is 5.69 Å². The number of hydrogen-bond acceptors (Lipinski definition) is 2. The number of rotatable bonds is 2. The average Bonchev–Trinajstić information content (AvgIpc) is 2.33. The molecule has 18 heavy (non-hydrogen) atoms. The maximum Gasteiger partial charge on any atom is 0.129 e. The lowest BCUT2D eigenvalue weighted by atomic mass is 9.97. The molecule has 0 aromatic heterocycles. The summed E-state index contributed by atoms with van der Waals surface area (Å²) >= 11 is 0. The van der Waals surface area contributed by atoms with Crippen molar-refractivity contribution in [2.45, 2.75) is 13.8 Å². The maximum absolute atomic E-state index is 13.1. The molecule has 0 bridgehead atoms. The van der Waals surface area contributed by atoms with Gasteiger partial charge in [0.25, 0.3) is 0 Å². The molecule has 0 heterocycles. The summed E-state index contributed by atoms with van der Waals surface area (Å²) in [7, 11) is 1.63. The molecule has 0 saturated carbocycles. The van der Waals surface area contributed by atoms with E-state index < -0.39 is 0 Å². The molecule has 2 aromatic rings. The zero-order chi connectivity index (χ0) is 13.3. The van der Waals surface area contributed by atoms with Crippen LogP contribution in [-0.2, 0) is 0 Å². The third-order valence-corrected chi connectivity index (χ3v) is 3.18. The minimum absolute atomic E-state index is 0.334. The number of nitrogens with two attached hydrogens (primary N) is 1. The largest absolute Gasteiger partial charge is 0.496 e. The van der Waals surface area contributed by atoms with E-state index in [-0.39, 0.29) is 5.82 Å². The lowest BCUT2D eigenvalue weighted by molar-refractivity contribution is 0.413. The summed E-state index contributed by atoms with van der Waals surface area (Å²) in [4.78, 5) is 0. The first-order valence-corrected chi connectivity index (χ1v) is 5.74. The standard InChI is InChI=1S/C15H16FNO/c1-9-4-6-13(15(18-3)10(9)2)12-7-5-11(16)8-14(12)17/h4-8H,17H2,1-3H3. The van der Waals surface area contributed by atoms with Crippen molar-refractivity contribution in [2.75, 3.05) is 12.8 Å². The summed E-state index contributed by atoms with van der Waals surface area (Å²) in [6.45, 7) is 4.02. The molecule has 2 aromatic carbocycles. The molecule has 0 aliphatic heterocycles. The molecule has 0 unspecified atom stereocenters. The first-order valence-electron chi connectivity index (χ1n) is 5.74. The van der Waals surface area contributed by atoms with Crippen molar-refractivity contribution in [2.24, 2.45) is 0 Å². The Morgan fingerprint density at radius 1 is 1.06 bits per heavy atom. The number of hydrogen-bond donors (Lipinski definition) is 1. The van der Waals surface area contributed by atoms with Crippen molar-refractivity contribution in [1.82, 2.24) is 0 Å². The first kappa shape index (κ1) is 12.4. The van der Waals surface area contributed by atoms with Gasteiger partial charge >= 0.3 is 0 Å². The Kier molecular flexibility index (Phi) is 3.24. The summed E-state index contributed by atoms with van der Waals surface area (Å²) in [5.74, 6) is 0.451. The number of aryl methyl sites for hydroxylation is 1. The van der Waals surface area contributed by atoms with E-state index in [9.17, 15) is 4.39 Å². The Bertz CT molecular complexity index is 593. The second kappa shape index (κ2) is 4.69. The van der Waals surface area contributed by atoms with E-state index in [1.54, 1.807) is 13.2 Å². The van der Waals surface area contributed by atoms with E-state index >= 15 is 0 Å².